The third kappa shape index (κ3) is 3.37. The lowest BCUT2D eigenvalue weighted by atomic mass is 9.97. The van der Waals surface area contributed by atoms with E-state index in [9.17, 15) is 14.7 Å². The first-order valence-corrected chi connectivity index (χ1v) is 11.8. The number of carboxylic acid groups (broad SMARTS) is 1. The number of ether oxygens (including phenoxy) is 1. The van der Waals surface area contributed by atoms with Gasteiger partial charge in [0.05, 0.1) is 40.2 Å². The molecule has 0 aliphatic carbocycles. The largest absolute Gasteiger partial charge is 0.492 e. The van der Waals surface area contributed by atoms with E-state index in [1.807, 2.05) is 24.3 Å². The Morgan fingerprint density at radius 1 is 1.25 bits per heavy atom. The van der Waals surface area contributed by atoms with Gasteiger partial charge in [0, 0.05) is 34.5 Å². The first kappa shape index (κ1) is 22.3. The summed E-state index contributed by atoms with van der Waals surface area (Å²) in [5, 5.41) is 11.9. The lowest BCUT2D eigenvalue weighted by Gasteiger charge is -2.20. The molecule has 0 unspecified atom stereocenters. The van der Waals surface area contributed by atoms with Crippen LogP contribution in [0, 0.1) is 5.82 Å². The second-order valence-electron chi connectivity index (χ2n) is 8.65. The van der Waals surface area contributed by atoms with Crippen molar-refractivity contribution in [3.8, 4) is 16.9 Å². The second kappa shape index (κ2) is 8.49. The number of pyridine rings is 2. The van der Waals surface area contributed by atoms with Crippen LogP contribution >= 0.6 is 11.6 Å². The van der Waals surface area contributed by atoms with Crippen molar-refractivity contribution in [3.63, 3.8) is 0 Å². The molecule has 5 aromatic rings. The van der Waals surface area contributed by atoms with E-state index >= 15 is 4.39 Å². The number of nitrogens with one attached hydrogen (secondary N) is 1. The minimum atomic E-state index is -1.26. The third-order valence-electron chi connectivity index (χ3n) is 6.57. The normalized spacial score (nSPS) is 13.1. The Labute approximate surface area is 208 Å². The summed E-state index contributed by atoms with van der Waals surface area (Å²) in [6.45, 7) is 0.363. The smallest absolute Gasteiger partial charge is 0.353 e. The van der Waals surface area contributed by atoms with Crippen molar-refractivity contribution in [2.75, 3.05) is 6.61 Å². The first-order chi connectivity index (χ1) is 17.5. The van der Waals surface area contributed by atoms with Crippen LogP contribution in [0.25, 0.3) is 32.9 Å². The molecular formula is C27H19ClFN3O4. The Bertz CT molecular complexity index is 1760. The van der Waals surface area contributed by atoms with Crippen molar-refractivity contribution >= 4 is 39.4 Å². The summed E-state index contributed by atoms with van der Waals surface area (Å²) in [6, 6.07) is 11.8. The number of carbonyl (C=O) groups is 1. The Balaban J connectivity index is 1.71. The molecule has 6 rings (SSSR count). The van der Waals surface area contributed by atoms with E-state index in [1.54, 1.807) is 18.3 Å². The number of aromatic carboxylic acids is 1. The summed E-state index contributed by atoms with van der Waals surface area (Å²) < 4.78 is 22.7. The number of aromatic nitrogens is 3. The van der Waals surface area contributed by atoms with Crippen molar-refractivity contribution in [3.05, 3.63) is 92.9 Å². The van der Waals surface area contributed by atoms with Crippen LogP contribution in [0.4, 0.5) is 4.39 Å². The molecule has 0 saturated heterocycles. The highest BCUT2D eigenvalue weighted by Crippen LogP contribution is 2.44. The van der Waals surface area contributed by atoms with Gasteiger partial charge in [0.1, 0.15) is 17.3 Å². The quantitative estimate of drug-likeness (QED) is 0.342. The molecule has 0 spiro atoms. The van der Waals surface area contributed by atoms with Crippen molar-refractivity contribution in [2.45, 2.75) is 19.4 Å². The molecule has 0 bridgehead atoms. The number of halogens is 2. The molecule has 2 N–H and O–H groups in total. The fourth-order valence-electron chi connectivity index (χ4n) is 5.00. The predicted molar refractivity (Wildman–Crippen MR) is 135 cm³/mol. The van der Waals surface area contributed by atoms with Gasteiger partial charge in [-0.3, -0.25) is 9.78 Å². The number of hydrogen-bond donors (Lipinski definition) is 2. The summed E-state index contributed by atoms with van der Waals surface area (Å²) in [4.78, 5) is 32.6. The zero-order valence-electron chi connectivity index (χ0n) is 18.8. The van der Waals surface area contributed by atoms with Crippen molar-refractivity contribution < 1.29 is 19.0 Å². The van der Waals surface area contributed by atoms with Crippen molar-refractivity contribution in [1.29, 1.82) is 0 Å². The summed E-state index contributed by atoms with van der Waals surface area (Å²) in [5.74, 6) is -1.47. The Morgan fingerprint density at radius 2 is 2.08 bits per heavy atom. The maximum Gasteiger partial charge on any atom is 0.353 e. The monoisotopic (exact) mass is 503 g/mol. The molecule has 0 saturated carbocycles. The average Bonchev–Trinajstić information content (AvgIpc) is 3.20. The predicted octanol–water partition coefficient (Wildman–Crippen LogP) is 5.41. The van der Waals surface area contributed by atoms with E-state index in [0.717, 1.165) is 5.39 Å². The Kier molecular flexibility index (Phi) is 5.26. The molecule has 1 aliphatic rings. The van der Waals surface area contributed by atoms with Crippen molar-refractivity contribution in [2.24, 2.45) is 0 Å². The summed E-state index contributed by atoms with van der Waals surface area (Å²) in [5.41, 5.74) is 1.65. The molecule has 0 amide bonds. The number of fused-ring (bicyclic) bond motifs is 4. The zero-order valence-corrected chi connectivity index (χ0v) is 19.6. The minimum absolute atomic E-state index is 0.00222. The van der Waals surface area contributed by atoms with E-state index in [1.165, 1.54) is 16.8 Å². The number of hydrogen-bond acceptors (Lipinski definition) is 4. The lowest BCUT2D eigenvalue weighted by molar-refractivity contribution is 0.0687. The highest BCUT2D eigenvalue weighted by Gasteiger charge is 2.31. The van der Waals surface area contributed by atoms with Crippen LogP contribution in [0.5, 0.6) is 5.75 Å². The summed E-state index contributed by atoms with van der Waals surface area (Å²) in [6.07, 6.45) is 4.15. The van der Waals surface area contributed by atoms with Gasteiger partial charge in [0.15, 0.2) is 0 Å². The molecule has 4 heterocycles. The standard InChI is InChI=1S/C27H19ClFN3O4/c28-23-14(12-31-19-8-2-1-5-16(19)23)13-32-20-11-18(29)15-7-4-10-36-25(15)22(20)21(24(32)27(34)35)17-6-3-9-30-26(17)33/h1-3,5-6,8-9,11-12H,4,7,10,13H2,(H,30,33)(H,34,35). The number of aromatic amines is 1. The van der Waals surface area contributed by atoms with E-state index in [2.05, 4.69) is 9.97 Å². The first-order valence-electron chi connectivity index (χ1n) is 11.4. The number of H-pyrrole nitrogens is 1. The van der Waals surface area contributed by atoms with Crippen LogP contribution in [-0.2, 0) is 13.0 Å². The van der Waals surface area contributed by atoms with Gasteiger partial charge in [-0.1, -0.05) is 29.8 Å². The molecule has 1 aliphatic heterocycles. The number of rotatable bonds is 4. The van der Waals surface area contributed by atoms with E-state index in [-0.39, 0.29) is 29.1 Å². The summed E-state index contributed by atoms with van der Waals surface area (Å²) >= 11 is 6.72. The van der Waals surface area contributed by atoms with Gasteiger partial charge in [0.2, 0.25) is 0 Å². The molecule has 0 atom stereocenters. The van der Waals surface area contributed by atoms with Crippen LogP contribution in [0.15, 0.2) is 59.7 Å². The number of benzene rings is 2. The van der Waals surface area contributed by atoms with E-state index in [0.29, 0.717) is 52.0 Å². The van der Waals surface area contributed by atoms with Gasteiger partial charge in [0.25, 0.3) is 5.56 Å². The molecule has 2 aromatic carbocycles. The molecule has 7 nitrogen and oxygen atoms in total. The molecular weight excluding hydrogens is 485 g/mol. The van der Waals surface area contributed by atoms with E-state index < -0.39 is 17.3 Å². The van der Waals surface area contributed by atoms with Gasteiger partial charge in [-0.2, -0.15) is 0 Å². The Hall–Kier alpha value is -4.17. The molecule has 0 fully saturated rings. The summed E-state index contributed by atoms with van der Waals surface area (Å²) in [7, 11) is 0. The SMILES string of the molecule is O=C(O)c1c(-c2ccc[nH]c2=O)c2c3c(c(F)cc2n1Cc1cnc2ccccc2c1Cl)CCCO3. The van der Waals surface area contributed by atoms with Gasteiger partial charge >= 0.3 is 5.97 Å². The van der Waals surface area contributed by atoms with Gasteiger partial charge in [-0.15, -0.1) is 0 Å². The van der Waals surface area contributed by atoms with Crippen LogP contribution < -0.4 is 10.3 Å². The third-order valence-corrected chi connectivity index (χ3v) is 7.02. The zero-order chi connectivity index (χ0) is 25.0. The van der Waals surface area contributed by atoms with Crippen LogP contribution in [-0.4, -0.2) is 32.2 Å². The topological polar surface area (TPSA) is 97.2 Å². The Morgan fingerprint density at radius 3 is 2.89 bits per heavy atom. The fourth-order valence-corrected chi connectivity index (χ4v) is 5.26. The lowest BCUT2D eigenvalue weighted by Crippen LogP contribution is -2.14. The maximum absolute atomic E-state index is 15.3. The number of nitrogens with zero attached hydrogens (tertiary/aromatic N) is 2. The number of para-hydroxylation sites is 1. The van der Waals surface area contributed by atoms with Gasteiger partial charge < -0.3 is 19.4 Å². The van der Waals surface area contributed by atoms with E-state index in [4.69, 9.17) is 16.3 Å². The molecule has 0 radical (unpaired) electrons. The maximum atomic E-state index is 15.3. The molecule has 36 heavy (non-hydrogen) atoms. The van der Waals surface area contributed by atoms with Gasteiger partial charge in [-0.25, -0.2) is 9.18 Å². The fraction of sp³-hybridized carbons (Fsp3) is 0.148. The van der Waals surface area contributed by atoms with Crippen LogP contribution in [0.3, 0.4) is 0 Å². The number of carboxylic acids is 1. The molecule has 3 aromatic heterocycles. The van der Waals surface area contributed by atoms with Crippen molar-refractivity contribution in [1.82, 2.24) is 14.5 Å². The van der Waals surface area contributed by atoms with Crippen LogP contribution in [0.2, 0.25) is 5.02 Å². The highest BCUT2D eigenvalue weighted by molar-refractivity contribution is 6.36. The van der Waals surface area contributed by atoms with Crippen LogP contribution in [0.1, 0.15) is 28.0 Å². The van der Waals surface area contributed by atoms with Gasteiger partial charge in [-0.05, 0) is 37.1 Å². The minimum Gasteiger partial charge on any atom is -0.492 e. The average molecular weight is 504 g/mol. The molecule has 180 valence electrons. The second-order valence-corrected chi connectivity index (χ2v) is 9.03. The molecule has 9 heteroatoms. The highest BCUT2D eigenvalue weighted by atomic mass is 35.5.